The summed E-state index contributed by atoms with van der Waals surface area (Å²) in [5, 5.41) is 20.5. The Morgan fingerprint density at radius 2 is 1.75 bits per heavy atom. The number of ether oxygens (including phenoxy) is 1. The maximum atomic E-state index is 12.7. The molecular weight excluding hydrogens is 544 g/mol. The molecular formula is C26H22N4O9S. The van der Waals surface area contributed by atoms with Crippen molar-refractivity contribution >= 4 is 33.2 Å². The SMILES string of the molecule is CS(=O)(=O)Nc1cccc(COc2cccc(-c3ccoc3C(=O)NNC(=O)c3ccc(O)c([N+](=O)[O-])c3)c2)c1. The molecule has 14 heteroatoms. The molecule has 2 amide bonds. The highest BCUT2D eigenvalue weighted by molar-refractivity contribution is 7.92. The van der Waals surface area contributed by atoms with E-state index >= 15 is 0 Å². The molecule has 4 aromatic rings. The van der Waals surface area contributed by atoms with Crippen LogP contribution in [0.4, 0.5) is 11.4 Å². The number of anilines is 1. The number of rotatable bonds is 9. The van der Waals surface area contributed by atoms with Crippen molar-refractivity contribution in [2.75, 3.05) is 11.0 Å². The Balaban J connectivity index is 1.42. The molecule has 1 heterocycles. The number of phenolic OH excluding ortho intramolecular Hbond substituents is 1. The summed E-state index contributed by atoms with van der Waals surface area (Å²) in [5.74, 6) is -1.89. The van der Waals surface area contributed by atoms with Crippen LogP contribution in [-0.2, 0) is 16.6 Å². The quantitative estimate of drug-likeness (QED) is 0.173. The standard InChI is InChI=1S/C26H22N4O9S/c1-40(36,37)29-19-6-2-4-16(12-19)15-39-20-7-3-5-17(13-20)21-10-11-38-24(21)26(33)28-27-25(32)18-8-9-23(31)22(14-18)30(34)35/h2-14,29,31H,15H2,1H3,(H,27,32)(H,28,33). The molecule has 1 aromatic heterocycles. The minimum Gasteiger partial charge on any atom is -0.502 e. The van der Waals surface area contributed by atoms with Crippen molar-refractivity contribution in [1.82, 2.24) is 10.9 Å². The highest BCUT2D eigenvalue weighted by atomic mass is 32.2. The largest absolute Gasteiger partial charge is 0.502 e. The molecule has 0 aliphatic carbocycles. The molecule has 0 saturated carbocycles. The van der Waals surface area contributed by atoms with E-state index in [1.54, 1.807) is 54.6 Å². The predicted octanol–water partition coefficient (Wildman–Crippen LogP) is 3.59. The number of amides is 2. The third kappa shape index (κ3) is 6.93. The van der Waals surface area contributed by atoms with E-state index in [0.717, 1.165) is 30.0 Å². The predicted molar refractivity (Wildman–Crippen MR) is 143 cm³/mol. The number of furan rings is 1. The van der Waals surface area contributed by atoms with Crippen molar-refractivity contribution in [3.63, 3.8) is 0 Å². The molecule has 0 aliphatic heterocycles. The van der Waals surface area contributed by atoms with Crippen LogP contribution in [-0.4, -0.2) is 36.5 Å². The van der Waals surface area contributed by atoms with Gasteiger partial charge in [0.25, 0.3) is 5.91 Å². The van der Waals surface area contributed by atoms with E-state index in [9.17, 15) is 33.2 Å². The molecule has 0 radical (unpaired) electrons. The molecule has 3 aromatic carbocycles. The van der Waals surface area contributed by atoms with E-state index in [1.807, 2.05) is 0 Å². The van der Waals surface area contributed by atoms with Crippen LogP contribution < -0.4 is 20.3 Å². The maximum Gasteiger partial charge on any atom is 0.311 e. The van der Waals surface area contributed by atoms with Crippen molar-refractivity contribution in [3.8, 4) is 22.6 Å². The smallest absolute Gasteiger partial charge is 0.311 e. The zero-order valence-electron chi connectivity index (χ0n) is 20.8. The summed E-state index contributed by atoms with van der Waals surface area (Å²) in [4.78, 5) is 35.3. The van der Waals surface area contributed by atoms with E-state index in [0.29, 0.717) is 22.6 Å². The van der Waals surface area contributed by atoms with Crippen LogP contribution in [0.25, 0.3) is 11.1 Å². The number of hydrogen-bond acceptors (Lipinski definition) is 9. The van der Waals surface area contributed by atoms with Crippen molar-refractivity contribution in [1.29, 1.82) is 0 Å². The Morgan fingerprint density at radius 3 is 2.50 bits per heavy atom. The lowest BCUT2D eigenvalue weighted by atomic mass is 10.1. The number of nitro benzene ring substituents is 1. The fourth-order valence-electron chi connectivity index (χ4n) is 3.62. The van der Waals surface area contributed by atoms with Gasteiger partial charge in [-0.25, -0.2) is 8.42 Å². The van der Waals surface area contributed by atoms with Gasteiger partial charge in [0.05, 0.1) is 17.4 Å². The summed E-state index contributed by atoms with van der Waals surface area (Å²) >= 11 is 0. The van der Waals surface area contributed by atoms with Crippen molar-refractivity contribution < 1.29 is 37.2 Å². The Bertz CT molecular complexity index is 1700. The molecule has 4 rings (SSSR count). The molecule has 13 nitrogen and oxygen atoms in total. The average Bonchev–Trinajstić information content (AvgIpc) is 3.40. The van der Waals surface area contributed by atoms with Gasteiger partial charge in [-0.2, -0.15) is 0 Å². The van der Waals surface area contributed by atoms with Crippen molar-refractivity contribution in [3.05, 3.63) is 106 Å². The van der Waals surface area contributed by atoms with Gasteiger partial charge in [-0.15, -0.1) is 0 Å². The number of hydrazine groups is 1. The Labute approximate surface area is 227 Å². The summed E-state index contributed by atoms with van der Waals surface area (Å²) in [6.45, 7) is 0.142. The first-order valence-electron chi connectivity index (χ1n) is 11.5. The van der Waals surface area contributed by atoms with Gasteiger partial charge in [0.1, 0.15) is 12.4 Å². The lowest BCUT2D eigenvalue weighted by Gasteiger charge is -2.10. The van der Waals surface area contributed by atoms with Crippen LogP contribution >= 0.6 is 0 Å². The van der Waals surface area contributed by atoms with Gasteiger partial charge in [0, 0.05) is 22.9 Å². The summed E-state index contributed by atoms with van der Waals surface area (Å²) in [5.41, 5.74) is 5.62. The first-order chi connectivity index (χ1) is 19.0. The fourth-order valence-corrected chi connectivity index (χ4v) is 4.18. The zero-order valence-corrected chi connectivity index (χ0v) is 21.6. The first kappa shape index (κ1) is 27.7. The van der Waals surface area contributed by atoms with Crippen LogP contribution in [0.5, 0.6) is 11.5 Å². The lowest BCUT2D eigenvalue weighted by molar-refractivity contribution is -0.385. The molecule has 0 atom stereocenters. The van der Waals surface area contributed by atoms with Gasteiger partial charge in [0.2, 0.25) is 15.8 Å². The molecule has 0 unspecified atom stereocenters. The normalized spacial score (nSPS) is 10.9. The van der Waals surface area contributed by atoms with Crippen LogP contribution in [0.2, 0.25) is 0 Å². The Morgan fingerprint density at radius 1 is 1.00 bits per heavy atom. The second-order valence-corrected chi connectivity index (χ2v) is 10.2. The van der Waals surface area contributed by atoms with Crippen LogP contribution in [0, 0.1) is 10.1 Å². The van der Waals surface area contributed by atoms with Gasteiger partial charge in [0.15, 0.2) is 5.75 Å². The summed E-state index contributed by atoms with van der Waals surface area (Å²) in [6.07, 6.45) is 2.35. The minimum atomic E-state index is -3.42. The topological polar surface area (TPSA) is 190 Å². The van der Waals surface area contributed by atoms with E-state index in [-0.39, 0.29) is 17.9 Å². The number of carbonyl (C=O) groups excluding carboxylic acids is 2. The molecule has 0 saturated heterocycles. The number of aromatic hydroxyl groups is 1. The van der Waals surface area contributed by atoms with Crippen molar-refractivity contribution in [2.24, 2.45) is 0 Å². The number of nitrogens with one attached hydrogen (secondary N) is 3. The van der Waals surface area contributed by atoms with Gasteiger partial charge in [-0.3, -0.25) is 35.3 Å². The van der Waals surface area contributed by atoms with E-state index in [2.05, 4.69) is 15.6 Å². The van der Waals surface area contributed by atoms with Crippen LogP contribution in [0.15, 0.2) is 83.5 Å². The molecule has 40 heavy (non-hydrogen) atoms. The monoisotopic (exact) mass is 566 g/mol. The Hall–Kier alpha value is -5.37. The number of benzene rings is 3. The lowest BCUT2D eigenvalue weighted by Crippen LogP contribution is -2.41. The summed E-state index contributed by atoms with van der Waals surface area (Å²) < 4.78 is 36.5. The second kappa shape index (κ2) is 11.6. The number of nitrogens with zero attached hydrogens (tertiary/aromatic N) is 1. The third-order valence-electron chi connectivity index (χ3n) is 5.38. The number of sulfonamides is 1. The minimum absolute atomic E-state index is 0.117. The second-order valence-electron chi connectivity index (χ2n) is 8.42. The highest BCUT2D eigenvalue weighted by Crippen LogP contribution is 2.29. The number of nitro groups is 1. The summed E-state index contributed by atoms with van der Waals surface area (Å²) in [7, 11) is -3.42. The Kier molecular flexibility index (Phi) is 8.00. The molecule has 0 bridgehead atoms. The van der Waals surface area contributed by atoms with Gasteiger partial charge < -0.3 is 14.3 Å². The highest BCUT2D eigenvalue weighted by Gasteiger charge is 2.20. The number of hydrogen-bond donors (Lipinski definition) is 4. The van der Waals surface area contributed by atoms with Gasteiger partial charge in [-0.05, 0) is 53.6 Å². The number of phenols is 1. The average molecular weight is 567 g/mol. The van der Waals surface area contributed by atoms with Gasteiger partial charge >= 0.3 is 11.6 Å². The molecule has 0 aliphatic rings. The zero-order chi connectivity index (χ0) is 28.9. The molecule has 0 spiro atoms. The van der Waals surface area contributed by atoms with E-state index in [4.69, 9.17) is 9.15 Å². The van der Waals surface area contributed by atoms with Crippen molar-refractivity contribution in [2.45, 2.75) is 6.61 Å². The summed E-state index contributed by atoms with van der Waals surface area (Å²) in [6, 6.07) is 18.1. The number of carbonyl (C=O) groups is 2. The molecule has 4 N–H and O–H groups in total. The van der Waals surface area contributed by atoms with E-state index < -0.39 is 38.2 Å². The fraction of sp³-hybridized carbons (Fsp3) is 0.0769. The maximum absolute atomic E-state index is 12.7. The third-order valence-corrected chi connectivity index (χ3v) is 5.98. The van der Waals surface area contributed by atoms with Gasteiger partial charge in [-0.1, -0.05) is 24.3 Å². The molecule has 206 valence electrons. The van der Waals surface area contributed by atoms with Crippen LogP contribution in [0.3, 0.4) is 0 Å². The first-order valence-corrected chi connectivity index (χ1v) is 13.3. The van der Waals surface area contributed by atoms with E-state index in [1.165, 1.54) is 6.26 Å². The molecule has 0 fully saturated rings. The van der Waals surface area contributed by atoms with Crippen LogP contribution in [0.1, 0.15) is 26.5 Å².